The second kappa shape index (κ2) is 9.08. The fourth-order valence-corrected chi connectivity index (χ4v) is 4.22. The van der Waals surface area contributed by atoms with Gasteiger partial charge in [-0.15, -0.1) is 0 Å². The van der Waals surface area contributed by atoms with Crippen LogP contribution in [0.1, 0.15) is 63.9 Å². The molecule has 4 rings (SSSR count). The van der Waals surface area contributed by atoms with Gasteiger partial charge in [0.05, 0.1) is 0 Å². The third kappa shape index (κ3) is 4.76. The Labute approximate surface area is 172 Å². The van der Waals surface area contributed by atoms with Crippen LogP contribution in [-0.4, -0.2) is 29.8 Å². The normalized spacial score (nSPS) is 16.0. The number of carbonyl (C=O) groups excluding carboxylic acids is 2. The largest absolute Gasteiger partial charge is 0.352 e. The highest BCUT2D eigenvalue weighted by Crippen LogP contribution is 2.21. The first-order valence-electron chi connectivity index (χ1n) is 10.6. The second-order valence-electron chi connectivity index (χ2n) is 7.94. The van der Waals surface area contributed by atoms with Crippen molar-refractivity contribution in [3.05, 3.63) is 82.4 Å². The number of fused-ring (bicyclic) bond motifs is 1. The van der Waals surface area contributed by atoms with Crippen molar-refractivity contribution in [2.45, 2.75) is 45.1 Å². The van der Waals surface area contributed by atoms with E-state index in [0.717, 1.165) is 25.7 Å². The molecule has 0 radical (unpaired) electrons. The molecule has 0 atom stereocenters. The lowest BCUT2D eigenvalue weighted by molar-refractivity contribution is 0.0734. The van der Waals surface area contributed by atoms with Crippen LogP contribution in [0.2, 0.25) is 0 Å². The second-order valence-corrected chi connectivity index (χ2v) is 7.94. The summed E-state index contributed by atoms with van der Waals surface area (Å²) in [5.74, 6) is -0.124. The highest BCUT2D eigenvalue weighted by Gasteiger charge is 2.22. The van der Waals surface area contributed by atoms with Crippen molar-refractivity contribution < 1.29 is 9.59 Å². The summed E-state index contributed by atoms with van der Waals surface area (Å²) in [5.41, 5.74) is 5.10. The van der Waals surface area contributed by atoms with E-state index in [1.54, 1.807) is 24.3 Å². The van der Waals surface area contributed by atoms with Crippen molar-refractivity contribution in [1.29, 1.82) is 0 Å². The van der Waals surface area contributed by atoms with Crippen molar-refractivity contribution in [2.75, 3.05) is 13.1 Å². The fourth-order valence-electron chi connectivity index (χ4n) is 4.22. The summed E-state index contributed by atoms with van der Waals surface area (Å²) in [6.07, 6.45) is 8.94. The maximum Gasteiger partial charge on any atom is 0.254 e. The molecule has 0 spiro atoms. The number of allylic oxidation sites excluding steroid dienone is 1. The molecule has 0 saturated carbocycles. The monoisotopic (exact) mass is 388 g/mol. The molecule has 1 aliphatic carbocycles. The third-order valence-corrected chi connectivity index (χ3v) is 5.91. The molecular weight excluding hydrogens is 360 g/mol. The lowest BCUT2D eigenvalue weighted by Gasteiger charge is -2.29. The van der Waals surface area contributed by atoms with Gasteiger partial charge in [-0.25, -0.2) is 0 Å². The van der Waals surface area contributed by atoms with Gasteiger partial charge in [-0.1, -0.05) is 42.0 Å². The molecule has 4 heteroatoms. The first-order valence-corrected chi connectivity index (χ1v) is 10.6. The standard InChI is InChI=1S/C25H28N2O2/c28-24(26-15-13-19-7-2-1-3-8-19)21-11-6-12-22(17-21)25(29)27-16-14-20-9-4-5-10-23(20)18-27/h4-7,9-12,17H,1-3,8,13-16,18H2,(H,26,28). The number of nitrogens with zero attached hydrogens (tertiary/aromatic N) is 1. The third-order valence-electron chi connectivity index (χ3n) is 5.91. The van der Waals surface area contributed by atoms with E-state index in [-0.39, 0.29) is 11.8 Å². The molecule has 0 saturated heterocycles. The molecule has 0 fully saturated rings. The summed E-state index contributed by atoms with van der Waals surface area (Å²) < 4.78 is 0. The van der Waals surface area contributed by atoms with Crippen LogP contribution in [0.15, 0.2) is 60.2 Å². The number of rotatable bonds is 5. The molecule has 4 nitrogen and oxygen atoms in total. The Morgan fingerprint density at radius 3 is 2.59 bits per heavy atom. The van der Waals surface area contributed by atoms with Crippen molar-refractivity contribution >= 4 is 11.8 Å². The summed E-state index contributed by atoms with van der Waals surface area (Å²) in [5, 5.41) is 3.00. The molecular formula is C25H28N2O2. The first kappa shape index (κ1) is 19.4. The molecule has 0 bridgehead atoms. The van der Waals surface area contributed by atoms with Crippen LogP contribution in [0.5, 0.6) is 0 Å². The van der Waals surface area contributed by atoms with Gasteiger partial charge in [-0.3, -0.25) is 9.59 Å². The molecule has 1 heterocycles. The van der Waals surface area contributed by atoms with Gasteiger partial charge in [0.1, 0.15) is 0 Å². The van der Waals surface area contributed by atoms with Gasteiger partial charge in [-0.05, 0) is 67.9 Å². The number of carbonyl (C=O) groups is 2. The summed E-state index contributed by atoms with van der Waals surface area (Å²) >= 11 is 0. The van der Waals surface area contributed by atoms with Crippen LogP contribution in [0, 0.1) is 0 Å². The first-order chi connectivity index (χ1) is 14.2. The number of hydrogen-bond acceptors (Lipinski definition) is 2. The zero-order valence-corrected chi connectivity index (χ0v) is 16.8. The van der Waals surface area contributed by atoms with Crippen LogP contribution < -0.4 is 5.32 Å². The van der Waals surface area contributed by atoms with Crippen molar-refractivity contribution in [3.8, 4) is 0 Å². The van der Waals surface area contributed by atoms with Crippen molar-refractivity contribution in [2.24, 2.45) is 0 Å². The maximum atomic E-state index is 13.0. The van der Waals surface area contributed by atoms with E-state index in [2.05, 4.69) is 23.5 Å². The molecule has 2 aliphatic rings. The van der Waals surface area contributed by atoms with Gasteiger partial charge in [0, 0.05) is 30.8 Å². The molecule has 1 aliphatic heterocycles. The molecule has 29 heavy (non-hydrogen) atoms. The summed E-state index contributed by atoms with van der Waals surface area (Å²) in [6.45, 7) is 1.98. The Kier molecular flexibility index (Phi) is 6.09. The maximum absolute atomic E-state index is 13.0. The Balaban J connectivity index is 1.37. The van der Waals surface area contributed by atoms with Crippen LogP contribution in [0.3, 0.4) is 0 Å². The van der Waals surface area contributed by atoms with E-state index < -0.39 is 0 Å². The molecule has 2 amide bonds. The molecule has 1 N–H and O–H groups in total. The molecule has 0 unspecified atom stereocenters. The average molecular weight is 389 g/mol. The average Bonchev–Trinajstić information content (AvgIpc) is 2.79. The lowest BCUT2D eigenvalue weighted by Crippen LogP contribution is -2.36. The van der Waals surface area contributed by atoms with Gasteiger partial charge in [-0.2, -0.15) is 0 Å². The van der Waals surface area contributed by atoms with Crippen LogP contribution in [0.4, 0.5) is 0 Å². The molecule has 0 aromatic heterocycles. The SMILES string of the molecule is O=C(NCCC1=CCCCC1)c1cccc(C(=O)N2CCc3ccccc3C2)c1. The van der Waals surface area contributed by atoms with Crippen LogP contribution in [-0.2, 0) is 13.0 Å². The summed E-state index contributed by atoms with van der Waals surface area (Å²) in [6, 6.07) is 15.4. The van der Waals surface area contributed by atoms with E-state index in [1.165, 1.54) is 29.5 Å². The minimum absolute atomic E-state index is 0.0125. The van der Waals surface area contributed by atoms with Crippen molar-refractivity contribution in [3.63, 3.8) is 0 Å². The highest BCUT2D eigenvalue weighted by molar-refractivity contribution is 5.99. The van der Waals surface area contributed by atoms with E-state index >= 15 is 0 Å². The van der Waals surface area contributed by atoms with Gasteiger partial charge >= 0.3 is 0 Å². The molecule has 2 aromatic carbocycles. The van der Waals surface area contributed by atoms with E-state index in [1.807, 2.05) is 17.0 Å². The van der Waals surface area contributed by atoms with Gasteiger partial charge in [0.25, 0.3) is 11.8 Å². The predicted molar refractivity (Wildman–Crippen MR) is 115 cm³/mol. The van der Waals surface area contributed by atoms with E-state index in [4.69, 9.17) is 0 Å². The van der Waals surface area contributed by atoms with Gasteiger partial charge in [0.15, 0.2) is 0 Å². The fraction of sp³-hybridized carbons (Fsp3) is 0.360. The van der Waals surface area contributed by atoms with Crippen LogP contribution in [0.25, 0.3) is 0 Å². The number of benzene rings is 2. The van der Waals surface area contributed by atoms with Gasteiger partial charge in [0.2, 0.25) is 0 Å². The zero-order chi connectivity index (χ0) is 20.1. The Bertz CT molecular complexity index is 932. The number of nitrogens with one attached hydrogen (secondary N) is 1. The van der Waals surface area contributed by atoms with Crippen molar-refractivity contribution in [1.82, 2.24) is 10.2 Å². The minimum Gasteiger partial charge on any atom is -0.352 e. The van der Waals surface area contributed by atoms with Gasteiger partial charge < -0.3 is 10.2 Å². The van der Waals surface area contributed by atoms with Crippen LogP contribution >= 0.6 is 0 Å². The minimum atomic E-state index is -0.111. The highest BCUT2D eigenvalue weighted by atomic mass is 16.2. The smallest absolute Gasteiger partial charge is 0.254 e. The topological polar surface area (TPSA) is 49.4 Å². The zero-order valence-electron chi connectivity index (χ0n) is 16.8. The Morgan fingerprint density at radius 1 is 0.931 bits per heavy atom. The molecule has 2 aromatic rings. The Morgan fingerprint density at radius 2 is 1.76 bits per heavy atom. The Hall–Kier alpha value is -2.88. The summed E-state index contributed by atoms with van der Waals surface area (Å²) in [7, 11) is 0. The number of amides is 2. The number of hydrogen-bond donors (Lipinski definition) is 1. The van der Waals surface area contributed by atoms with E-state index in [0.29, 0.717) is 30.8 Å². The van der Waals surface area contributed by atoms with E-state index in [9.17, 15) is 9.59 Å². The predicted octanol–water partition coefficient (Wildman–Crippen LogP) is 4.51. The quantitative estimate of drug-likeness (QED) is 0.767. The molecule has 150 valence electrons. The lowest BCUT2D eigenvalue weighted by atomic mass is 9.97. The summed E-state index contributed by atoms with van der Waals surface area (Å²) in [4.78, 5) is 27.4.